The van der Waals surface area contributed by atoms with Crippen LogP contribution >= 0.6 is 11.8 Å². The van der Waals surface area contributed by atoms with Gasteiger partial charge in [0, 0.05) is 24.9 Å². The average Bonchev–Trinajstić information content (AvgIpc) is 3.13. The second-order valence-electron chi connectivity index (χ2n) is 6.45. The number of nitrogens with one attached hydrogen (secondary N) is 1. The number of carbonyl (C=O) groups is 1. The number of anilines is 1. The van der Waals surface area contributed by atoms with Crippen LogP contribution in [0.4, 0.5) is 11.4 Å². The molecule has 0 spiro atoms. The highest BCUT2D eigenvalue weighted by Crippen LogP contribution is 2.30. The standard InChI is InChI=1S/C20H21N5O5S/c1-13(30-17-7-5-4-6-16(17)29-3)19-22-23-20(24(19)2)31-12-18(26)21-14-8-10-15(11-9-14)25(27)28/h4-11,13H,12H2,1-3H3,(H,21,26). The van der Waals surface area contributed by atoms with Gasteiger partial charge in [0.1, 0.15) is 0 Å². The maximum atomic E-state index is 12.2. The van der Waals surface area contributed by atoms with E-state index < -0.39 is 11.0 Å². The van der Waals surface area contributed by atoms with E-state index in [1.807, 2.05) is 31.2 Å². The number of para-hydroxylation sites is 2. The summed E-state index contributed by atoms with van der Waals surface area (Å²) < 4.78 is 13.0. The first-order valence-corrected chi connectivity index (χ1v) is 10.2. The number of thioether (sulfide) groups is 1. The number of nitro groups is 1. The number of nitro benzene ring substituents is 1. The van der Waals surface area contributed by atoms with Crippen molar-refractivity contribution in [3.8, 4) is 11.5 Å². The van der Waals surface area contributed by atoms with Gasteiger partial charge in [-0.3, -0.25) is 14.9 Å². The van der Waals surface area contributed by atoms with E-state index >= 15 is 0 Å². The van der Waals surface area contributed by atoms with Crippen LogP contribution in [0.2, 0.25) is 0 Å². The van der Waals surface area contributed by atoms with Gasteiger partial charge in [-0.15, -0.1) is 10.2 Å². The van der Waals surface area contributed by atoms with Crippen LogP contribution in [-0.4, -0.2) is 38.5 Å². The summed E-state index contributed by atoms with van der Waals surface area (Å²) in [7, 11) is 3.37. The molecule has 0 saturated carbocycles. The molecule has 0 bridgehead atoms. The van der Waals surface area contributed by atoms with E-state index in [9.17, 15) is 14.9 Å². The lowest BCUT2D eigenvalue weighted by molar-refractivity contribution is -0.384. The highest BCUT2D eigenvalue weighted by Gasteiger charge is 2.19. The molecule has 31 heavy (non-hydrogen) atoms. The maximum Gasteiger partial charge on any atom is 0.269 e. The number of carbonyl (C=O) groups excluding carboxylic acids is 1. The SMILES string of the molecule is COc1ccccc1OC(C)c1nnc(SCC(=O)Nc2ccc([N+](=O)[O-])cc2)n1C. The first-order chi connectivity index (χ1) is 14.9. The third kappa shape index (κ3) is 5.51. The van der Waals surface area contributed by atoms with Crippen LogP contribution < -0.4 is 14.8 Å². The Morgan fingerprint density at radius 1 is 1.19 bits per heavy atom. The highest BCUT2D eigenvalue weighted by atomic mass is 32.2. The Bertz CT molecular complexity index is 1070. The molecule has 1 atom stereocenters. The predicted molar refractivity (Wildman–Crippen MR) is 115 cm³/mol. The molecule has 3 aromatic rings. The van der Waals surface area contributed by atoms with E-state index in [0.29, 0.717) is 28.2 Å². The number of methoxy groups -OCH3 is 1. The fraction of sp³-hybridized carbons (Fsp3) is 0.250. The van der Waals surface area contributed by atoms with Gasteiger partial charge in [-0.25, -0.2) is 0 Å². The van der Waals surface area contributed by atoms with Crippen LogP contribution in [0.1, 0.15) is 18.9 Å². The molecule has 1 amide bonds. The van der Waals surface area contributed by atoms with Crippen LogP contribution in [-0.2, 0) is 11.8 Å². The number of hydrogen-bond acceptors (Lipinski definition) is 8. The van der Waals surface area contributed by atoms with Crippen molar-refractivity contribution in [1.29, 1.82) is 0 Å². The lowest BCUT2D eigenvalue weighted by atomic mass is 10.3. The molecule has 1 unspecified atom stereocenters. The van der Waals surface area contributed by atoms with Crippen molar-refractivity contribution in [3.63, 3.8) is 0 Å². The first kappa shape index (κ1) is 22.1. The number of rotatable bonds is 9. The Hall–Kier alpha value is -3.60. The summed E-state index contributed by atoms with van der Waals surface area (Å²) in [6.45, 7) is 1.85. The number of non-ortho nitro benzene ring substituents is 1. The van der Waals surface area contributed by atoms with Crippen molar-refractivity contribution in [2.24, 2.45) is 7.05 Å². The molecule has 11 heteroatoms. The average molecular weight is 443 g/mol. The fourth-order valence-corrected chi connectivity index (χ4v) is 3.48. The number of aromatic nitrogens is 3. The zero-order valence-corrected chi connectivity index (χ0v) is 18.0. The van der Waals surface area contributed by atoms with E-state index in [-0.39, 0.29) is 17.3 Å². The summed E-state index contributed by atoms with van der Waals surface area (Å²) in [6, 6.07) is 13.0. The molecule has 0 aliphatic carbocycles. The normalized spacial score (nSPS) is 11.6. The quantitative estimate of drug-likeness (QED) is 0.302. The zero-order chi connectivity index (χ0) is 22.4. The van der Waals surface area contributed by atoms with Crippen LogP contribution in [0.15, 0.2) is 53.7 Å². The first-order valence-electron chi connectivity index (χ1n) is 9.25. The second kappa shape index (κ2) is 9.94. The largest absolute Gasteiger partial charge is 0.493 e. The van der Waals surface area contributed by atoms with Crippen molar-refractivity contribution in [2.75, 3.05) is 18.2 Å². The van der Waals surface area contributed by atoms with E-state index in [0.717, 1.165) is 0 Å². The van der Waals surface area contributed by atoms with Crippen LogP contribution in [0.25, 0.3) is 0 Å². The van der Waals surface area contributed by atoms with Gasteiger partial charge in [0.25, 0.3) is 5.69 Å². The Balaban J connectivity index is 1.58. The summed E-state index contributed by atoms with van der Waals surface area (Å²) >= 11 is 1.22. The molecule has 0 aliphatic heterocycles. The van der Waals surface area contributed by atoms with Gasteiger partial charge in [0.05, 0.1) is 17.8 Å². The third-order valence-corrected chi connectivity index (χ3v) is 5.32. The second-order valence-corrected chi connectivity index (χ2v) is 7.39. The van der Waals surface area contributed by atoms with Gasteiger partial charge >= 0.3 is 0 Å². The number of nitrogens with zero attached hydrogens (tertiary/aromatic N) is 4. The minimum Gasteiger partial charge on any atom is -0.493 e. The van der Waals surface area contributed by atoms with E-state index in [4.69, 9.17) is 9.47 Å². The Morgan fingerprint density at radius 3 is 2.52 bits per heavy atom. The molecule has 1 aromatic heterocycles. The van der Waals surface area contributed by atoms with Crippen molar-refractivity contribution in [3.05, 3.63) is 64.5 Å². The van der Waals surface area contributed by atoms with Gasteiger partial charge in [0.15, 0.2) is 28.6 Å². The molecule has 3 rings (SSSR count). The topological polar surface area (TPSA) is 121 Å². The zero-order valence-electron chi connectivity index (χ0n) is 17.1. The van der Waals surface area contributed by atoms with E-state index in [1.54, 1.807) is 18.7 Å². The Kier molecular flexibility index (Phi) is 7.08. The van der Waals surface area contributed by atoms with E-state index in [1.165, 1.54) is 36.0 Å². The monoisotopic (exact) mass is 443 g/mol. The summed E-state index contributed by atoms with van der Waals surface area (Å²) in [5, 5.41) is 22.3. The fourth-order valence-electron chi connectivity index (χ4n) is 2.76. The predicted octanol–water partition coefficient (Wildman–Crippen LogP) is 3.60. The lowest BCUT2D eigenvalue weighted by Gasteiger charge is -2.16. The molecule has 0 aliphatic rings. The minimum atomic E-state index is -0.494. The Morgan fingerprint density at radius 2 is 1.87 bits per heavy atom. The molecular formula is C20H21N5O5S. The lowest BCUT2D eigenvalue weighted by Crippen LogP contribution is -2.15. The summed E-state index contributed by atoms with van der Waals surface area (Å²) in [6.07, 6.45) is -0.392. The molecular weight excluding hydrogens is 422 g/mol. The summed E-state index contributed by atoms with van der Waals surface area (Å²) in [5.41, 5.74) is 0.442. The molecule has 0 fully saturated rings. The molecule has 10 nitrogen and oxygen atoms in total. The van der Waals surface area contributed by atoms with Crippen LogP contribution in [0.5, 0.6) is 11.5 Å². The molecule has 162 valence electrons. The third-order valence-electron chi connectivity index (χ3n) is 4.30. The van der Waals surface area contributed by atoms with Crippen molar-refractivity contribution in [2.45, 2.75) is 18.2 Å². The molecule has 1 heterocycles. The molecule has 2 aromatic carbocycles. The summed E-state index contributed by atoms with van der Waals surface area (Å²) in [5.74, 6) is 1.65. The van der Waals surface area contributed by atoms with Crippen LogP contribution in [0.3, 0.4) is 0 Å². The Labute approximate surface area is 182 Å². The number of amides is 1. The van der Waals surface area contributed by atoms with Gasteiger partial charge < -0.3 is 19.4 Å². The van der Waals surface area contributed by atoms with Crippen molar-refractivity contribution >= 4 is 29.0 Å². The number of ether oxygens (including phenoxy) is 2. The van der Waals surface area contributed by atoms with Gasteiger partial charge in [-0.05, 0) is 31.2 Å². The minimum absolute atomic E-state index is 0.0385. The highest BCUT2D eigenvalue weighted by molar-refractivity contribution is 7.99. The molecule has 0 radical (unpaired) electrons. The molecule has 0 saturated heterocycles. The molecule has 1 N–H and O–H groups in total. The van der Waals surface area contributed by atoms with E-state index in [2.05, 4.69) is 15.5 Å². The smallest absolute Gasteiger partial charge is 0.269 e. The van der Waals surface area contributed by atoms with Gasteiger partial charge in [-0.2, -0.15) is 0 Å². The number of hydrogen-bond donors (Lipinski definition) is 1. The van der Waals surface area contributed by atoms with Crippen LogP contribution in [0, 0.1) is 10.1 Å². The van der Waals surface area contributed by atoms with Crippen molar-refractivity contribution < 1.29 is 19.2 Å². The maximum absolute atomic E-state index is 12.2. The van der Waals surface area contributed by atoms with Crippen molar-refractivity contribution in [1.82, 2.24) is 14.8 Å². The number of benzene rings is 2. The van der Waals surface area contributed by atoms with Gasteiger partial charge in [-0.1, -0.05) is 23.9 Å². The summed E-state index contributed by atoms with van der Waals surface area (Å²) in [4.78, 5) is 22.4. The van der Waals surface area contributed by atoms with Gasteiger partial charge in [0.2, 0.25) is 5.91 Å².